The lowest BCUT2D eigenvalue weighted by atomic mass is 10.2. The number of oxime groups is 1. The van der Waals surface area contributed by atoms with E-state index in [1.54, 1.807) is 13.8 Å². The quantitative estimate of drug-likeness (QED) is 0.375. The summed E-state index contributed by atoms with van der Waals surface area (Å²) < 4.78 is 37.7. The maximum atomic E-state index is 12.6. The zero-order valence-corrected chi connectivity index (χ0v) is 10.4. The van der Waals surface area contributed by atoms with Gasteiger partial charge in [0.05, 0.1) is 11.8 Å². The minimum Gasteiger partial charge on any atom is -0.409 e. The molecule has 1 aromatic heterocycles. The molecule has 0 aromatic carbocycles. The van der Waals surface area contributed by atoms with Crippen molar-refractivity contribution in [1.82, 2.24) is 10.2 Å². The first-order chi connectivity index (χ1) is 8.76. The molecule has 0 atom stereocenters. The highest BCUT2D eigenvalue weighted by Gasteiger charge is 2.33. The van der Waals surface area contributed by atoms with E-state index in [-0.39, 0.29) is 17.2 Å². The van der Waals surface area contributed by atoms with E-state index < -0.39 is 18.8 Å². The molecule has 0 saturated heterocycles. The van der Waals surface area contributed by atoms with E-state index in [0.29, 0.717) is 0 Å². The largest absolute Gasteiger partial charge is 0.409 e. The summed E-state index contributed by atoms with van der Waals surface area (Å²) in [4.78, 5) is 0.986. The Labute approximate surface area is 107 Å². The van der Waals surface area contributed by atoms with Gasteiger partial charge in [-0.25, -0.2) is 0 Å². The standard InChI is InChI=1S/C10H14F3N5O/c1-6(2)18(5-10(11,12)13)9-7(8(14)17-19)3-4-15-16-9/h3-4,6,19H,5H2,1-2H3,(H2,14,17). The highest BCUT2D eigenvalue weighted by molar-refractivity contribution is 6.01. The lowest BCUT2D eigenvalue weighted by Crippen LogP contribution is -2.41. The van der Waals surface area contributed by atoms with Crippen LogP contribution in [0.1, 0.15) is 19.4 Å². The summed E-state index contributed by atoms with van der Waals surface area (Å²) in [5.74, 6) is -0.400. The molecule has 0 saturated carbocycles. The molecule has 1 aromatic rings. The second-order valence-electron chi connectivity index (χ2n) is 4.09. The summed E-state index contributed by atoms with van der Waals surface area (Å²) in [7, 11) is 0. The molecule has 1 rings (SSSR count). The second-order valence-corrected chi connectivity index (χ2v) is 4.09. The zero-order valence-electron chi connectivity index (χ0n) is 10.4. The van der Waals surface area contributed by atoms with Gasteiger partial charge in [0.15, 0.2) is 11.7 Å². The zero-order chi connectivity index (χ0) is 14.6. The lowest BCUT2D eigenvalue weighted by molar-refractivity contribution is -0.120. The summed E-state index contributed by atoms with van der Waals surface area (Å²) in [5.41, 5.74) is 5.51. The molecule has 0 unspecified atom stereocenters. The molecule has 0 aliphatic rings. The molecule has 0 amide bonds. The van der Waals surface area contributed by atoms with Crippen molar-refractivity contribution in [1.29, 1.82) is 0 Å². The number of halogens is 3. The Morgan fingerprint density at radius 3 is 2.63 bits per heavy atom. The van der Waals surface area contributed by atoms with Gasteiger partial charge in [0.1, 0.15) is 6.54 Å². The highest BCUT2D eigenvalue weighted by Crippen LogP contribution is 2.24. The van der Waals surface area contributed by atoms with Crippen LogP contribution in [0.4, 0.5) is 19.0 Å². The smallest absolute Gasteiger partial charge is 0.405 e. The van der Waals surface area contributed by atoms with Crippen LogP contribution in [0.2, 0.25) is 0 Å². The van der Waals surface area contributed by atoms with Gasteiger partial charge in [-0.05, 0) is 19.9 Å². The van der Waals surface area contributed by atoms with Gasteiger partial charge in [-0.2, -0.15) is 18.3 Å². The fraction of sp³-hybridized carbons (Fsp3) is 0.500. The van der Waals surface area contributed by atoms with Crippen molar-refractivity contribution in [2.24, 2.45) is 10.9 Å². The second kappa shape index (κ2) is 5.72. The van der Waals surface area contributed by atoms with Gasteiger partial charge in [-0.15, -0.1) is 5.10 Å². The van der Waals surface area contributed by atoms with Crippen molar-refractivity contribution in [3.63, 3.8) is 0 Å². The van der Waals surface area contributed by atoms with E-state index in [0.717, 1.165) is 4.90 Å². The number of nitrogens with zero attached hydrogens (tertiary/aromatic N) is 4. The van der Waals surface area contributed by atoms with Crippen LogP contribution < -0.4 is 10.6 Å². The fourth-order valence-electron chi connectivity index (χ4n) is 1.49. The number of rotatable bonds is 4. The molecule has 0 bridgehead atoms. The van der Waals surface area contributed by atoms with Crippen molar-refractivity contribution in [3.8, 4) is 0 Å². The number of hydrogen-bond acceptors (Lipinski definition) is 5. The van der Waals surface area contributed by atoms with Crippen LogP contribution in [0.15, 0.2) is 17.4 Å². The minimum absolute atomic E-state index is 0.0786. The van der Waals surface area contributed by atoms with Gasteiger partial charge in [0.2, 0.25) is 0 Å². The summed E-state index contributed by atoms with van der Waals surface area (Å²) in [5, 5.41) is 18.6. The Hall–Kier alpha value is -2.06. The summed E-state index contributed by atoms with van der Waals surface area (Å²) >= 11 is 0. The number of hydrogen-bond donors (Lipinski definition) is 2. The van der Waals surface area contributed by atoms with Gasteiger partial charge in [-0.1, -0.05) is 5.16 Å². The molecule has 0 fully saturated rings. The lowest BCUT2D eigenvalue weighted by Gasteiger charge is -2.29. The number of aromatic nitrogens is 2. The van der Waals surface area contributed by atoms with Gasteiger partial charge >= 0.3 is 6.18 Å². The first-order valence-electron chi connectivity index (χ1n) is 5.39. The third-order valence-corrected chi connectivity index (χ3v) is 2.33. The van der Waals surface area contributed by atoms with Crippen molar-refractivity contribution in [3.05, 3.63) is 17.8 Å². The van der Waals surface area contributed by atoms with Crippen LogP contribution in [0.5, 0.6) is 0 Å². The molecule has 6 nitrogen and oxygen atoms in total. The van der Waals surface area contributed by atoms with E-state index in [9.17, 15) is 13.2 Å². The van der Waals surface area contributed by atoms with E-state index in [4.69, 9.17) is 10.9 Å². The summed E-state index contributed by atoms with van der Waals surface area (Å²) in [6.07, 6.45) is -3.15. The third kappa shape index (κ3) is 3.97. The third-order valence-electron chi connectivity index (χ3n) is 2.33. The first-order valence-corrected chi connectivity index (χ1v) is 5.39. The maximum absolute atomic E-state index is 12.6. The number of alkyl halides is 3. The molecular formula is C10H14F3N5O. The van der Waals surface area contributed by atoms with Gasteiger partial charge in [0, 0.05) is 6.04 Å². The maximum Gasteiger partial charge on any atom is 0.405 e. The van der Waals surface area contributed by atoms with E-state index in [1.165, 1.54) is 12.3 Å². The fourth-order valence-corrected chi connectivity index (χ4v) is 1.49. The SMILES string of the molecule is CC(C)N(CC(F)(F)F)c1nnccc1/C(N)=N/O. The Morgan fingerprint density at radius 2 is 2.16 bits per heavy atom. The average molecular weight is 277 g/mol. The molecule has 3 N–H and O–H groups in total. The van der Waals surface area contributed by atoms with E-state index >= 15 is 0 Å². The van der Waals surface area contributed by atoms with Crippen LogP contribution >= 0.6 is 0 Å². The normalized spacial score (nSPS) is 12.8. The highest BCUT2D eigenvalue weighted by atomic mass is 19.4. The van der Waals surface area contributed by atoms with Crippen molar-refractivity contribution in [2.45, 2.75) is 26.1 Å². The molecule has 1 heterocycles. The molecule has 19 heavy (non-hydrogen) atoms. The van der Waals surface area contributed by atoms with Crippen LogP contribution in [-0.2, 0) is 0 Å². The molecule has 0 aliphatic carbocycles. The van der Waals surface area contributed by atoms with E-state index in [2.05, 4.69) is 15.4 Å². The predicted molar refractivity (Wildman–Crippen MR) is 63.1 cm³/mol. The number of nitrogens with two attached hydrogens (primary N) is 1. The van der Waals surface area contributed by atoms with Crippen LogP contribution in [0.25, 0.3) is 0 Å². The Kier molecular flexibility index (Phi) is 4.52. The van der Waals surface area contributed by atoms with Crippen molar-refractivity contribution < 1.29 is 18.4 Å². The minimum atomic E-state index is -4.40. The number of amidine groups is 1. The van der Waals surface area contributed by atoms with Gasteiger partial charge < -0.3 is 15.8 Å². The van der Waals surface area contributed by atoms with Gasteiger partial charge in [-0.3, -0.25) is 0 Å². The molecule has 0 radical (unpaired) electrons. The molecule has 106 valence electrons. The number of anilines is 1. The van der Waals surface area contributed by atoms with Crippen molar-refractivity contribution in [2.75, 3.05) is 11.4 Å². The van der Waals surface area contributed by atoms with Crippen LogP contribution in [-0.4, -0.2) is 40.0 Å². The summed E-state index contributed by atoms with van der Waals surface area (Å²) in [6, 6.07) is 0.854. The first kappa shape index (κ1) is 15.0. The Balaban J connectivity index is 3.24. The van der Waals surface area contributed by atoms with Crippen LogP contribution in [0.3, 0.4) is 0 Å². The van der Waals surface area contributed by atoms with Crippen molar-refractivity contribution >= 4 is 11.7 Å². The topological polar surface area (TPSA) is 87.6 Å². The molecule has 9 heteroatoms. The summed E-state index contributed by atoms with van der Waals surface area (Å²) in [6.45, 7) is 1.96. The predicted octanol–water partition coefficient (Wildman–Crippen LogP) is 1.35. The van der Waals surface area contributed by atoms with Crippen LogP contribution in [0, 0.1) is 0 Å². The molecule has 0 aliphatic heterocycles. The Bertz CT molecular complexity index is 461. The molecule has 0 spiro atoms. The molecular weight excluding hydrogens is 263 g/mol. The monoisotopic (exact) mass is 277 g/mol. The van der Waals surface area contributed by atoms with Gasteiger partial charge in [0.25, 0.3) is 0 Å². The van der Waals surface area contributed by atoms with E-state index in [1.807, 2.05) is 0 Å². The Morgan fingerprint density at radius 1 is 1.53 bits per heavy atom. The average Bonchev–Trinajstić information content (AvgIpc) is 2.33.